The van der Waals surface area contributed by atoms with Crippen LogP contribution in [0.2, 0.25) is 5.02 Å². The minimum Gasteiger partial charge on any atom is -0.497 e. The van der Waals surface area contributed by atoms with E-state index in [1.54, 1.807) is 49.4 Å². The highest BCUT2D eigenvalue weighted by molar-refractivity contribution is 6.31. The Labute approximate surface area is 224 Å². The van der Waals surface area contributed by atoms with Crippen molar-refractivity contribution in [2.24, 2.45) is 5.92 Å². The molecule has 11 heteroatoms. The average Bonchev–Trinajstić information content (AvgIpc) is 2.92. The molecule has 10 nitrogen and oxygen atoms in total. The molecule has 0 N–H and O–H groups in total. The number of aromatic nitrogens is 3. The van der Waals surface area contributed by atoms with Gasteiger partial charge < -0.3 is 14.4 Å². The first-order chi connectivity index (χ1) is 18.2. The smallest absolute Gasteiger partial charge is 0.352 e. The fraction of sp³-hybridized carbons (Fsp3) is 0.370. The van der Waals surface area contributed by atoms with Gasteiger partial charge in [-0.05, 0) is 62.1 Å². The maximum absolute atomic E-state index is 13.6. The monoisotopic (exact) mass is 540 g/mol. The van der Waals surface area contributed by atoms with E-state index in [-0.39, 0.29) is 25.7 Å². The van der Waals surface area contributed by atoms with Crippen LogP contribution < -0.4 is 16.0 Å². The molecule has 0 radical (unpaired) electrons. The van der Waals surface area contributed by atoms with Crippen molar-refractivity contribution in [2.75, 3.05) is 26.8 Å². The van der Waals surface area contributed by atoms with E-state index in [0.29, 0.717) is 41.4 Å². The van der Waals surface area contributed by atoms with Crippen LogP contribution in [0, 0.1) is 12.8 Å². The zero-order valence-electron chi connectivity index (χ0n) is 21.5. The van der Waals surface area contributed by atoms with E-state index >= 15 is 0 Å². The largest absolute Gasteiger partial charge is 0.497 e. The molecule has 1 amide bonds. The standard InChI is InChI=1S/C27H29ClN4O6/c1-4-38-26(35)19-8-6-12-30(16-19)24(33)23-25(34)31(15-18-7-5-9-21(13-18)37-3)27(36)32(29-23)20-11-10-17(2)22(28)14-20/h5,7,9-11,13-14,19H,4,6,8,12,15-16H2,1-3H3/t19-/m0/s1. The summed E-state index contributed by atoms with van der Waals surface area (Å²) >= 11 is 6.30. The molecule has 1 aromatic heterocycles. The zero-order chi connectivity index (χ0) is 27.4. The van der Waals surface area contributed by atoms with Gasteiger partial charge in [0, 0.05) is 18.1 Å². The van der Waals surface area contributed by atoms with Gasteiger partial charge in [0.2, 0.25) is 5.69 Å². The Bertz CT molecular complexity index is 1480. The molecule has 1 fully saturated rings. The lowest BCUT2D eigenvalue weighted by Gasteiger charge is -2.31. The highest BCUT2D eigenvalue weighted by Gasteiger charge is 2.32. The summed E-state index contributed by atoms with van der Waals surface area (Å²) in [6, 6.07) is 11.9. The Morgan fingerprint density at radius 2 is 1.95 bits per heavy atom. The molecule has 200 valence electrons. The van der Waals surface area contributed by atoms with Crippen molar-refractivity contribution in [2.45, 2.75) is 33.2 Å². The summed E-state index contributed by atoms with van der Waals surface area (Å²) < 4.78 is 12.4. The van der Waals surface area contributed by atoms with Crippen LogP contribution in [0.25, 0.3) is 5.69 Å². The molecule has 0 saturated carbocycles. The molecule has 1 saturated heterocycles. The van der Waals surface area contributed by atoms with Gasteiger partial charge in [0.1, 0.15) is 5.75 Å². The van der Waals surface area contributed by atoms with E-state index in [1.807, 2.05) is 6.92 Å². The van der Waals surface area contributed by atoms with Crippen LogP contribution in [0.5, 0.6) is 5.75 Å². The molecular formula is C27H29ClN4O6. The summed E-state index contributed by atoms with van der Waals surface area (Å²) in [6.07, 6.45) is 1.15. The third-order valence-electron chi connectivity index (χ3n) is 6.47. The number of amides is 1. The van der Waals surface area contributed by atoms with E-state index in [9.17, 15) is 19.2 Å². The lowest BCUT2D eigenvalue weighted by Crippen LogP contribution is -2.49. The second kappa shape index (κ2) is 11.6. The van der Waals surface area contributed by atoms with Crippen molar-refractivity contribution in [3.63, 3.8) is 0 Å². The van der Waals surface area contributed by atoms with E-state index in [0.717, 1.165) is 14.8 Å². The molecular weight excluding hydrogens is 512 g/mol. The molecule has 0 unspecified atom stereocenters. The zero-order valence-corrected chi connectivity index (χ0v) is 22.2. The second-order valence-corrected chi connectivity index (χ2v) is 9.47. The van der Waals surface area contributed by atoms with Gasteiger partial charge in [0.15, 0.2) is 0 Å². The van der Waals surface area contributed by atoms with Crippen LogP contribution in [0.15, 0.2) is 52.1 Å². The number of benzene rings is 2. The normalized spacial score (nSPS) is 15.3. The Kier molecular flexibility index (Phi) is 8.31. The maximum atomic E-state index is 13.6. The van der Waals surface area contributed by atoms with Gasteiger partial charge in [-0.2, -0.15) is 9.78 Å². The van der Waals surface area contributed by atoms with Crippen molar-refractivity contribution in [3.05, 3.63) is 85.1 Å². The fourth-order valence-electron chi connectivity index (χ4n) is 4.39. The van der Waals surface area contributed by atoms with Crippen molar-refractivity contribution in [3.8, 4) is 11.4 Å². The summed E-state index contributed by atoms with van der Waals surface area (Å²) in [4.78, 5) is 54.4. The minimum atomic E-state index is -0.824. The third-order valence-corrected chi connectivity index (χ3v) is 6.87. The molecule has 0 aliphatic carbocycles. The lowest BCUT2D eigenvalue weighted by atomic mass is 9.98. The number of halogens is 1. The predicted molar refractivity (Wildman–Crippen MR) is 141 cm³/mol. The molecule has 3 aromatic rings. The molecule has 2 heterocycles. The predicted octanol–water partition coefficient (Wildman–Crippen LogP) is 2.83. The van der Waals surface area contributed by atoms with Gasteiger partial charge in [0.25, 0.3) is 11.5 Å². The first kappa shape index (κ1) is 27.1. The number of aryl methyl sites for hydroxylation is 1. The first-order valence-electron chi connectivity index (χ1n) is 12.3. The van der Waals surface area contributed by atoms with Crippen molar-refractivity contribution in [1.82, 2.24) is 19.2 Å². The molecule has 0 spiro atoms. The fourth-order valence-corrected chi connectivity index (χ4v) is 4.56. The number of ether oxygens (including phenoxy) is 2. The second-order valence-electron chi connectivity index (χ2n) is 9.06. The Balaban J connectivity index is 1.81. The molecule has 1 aliphatic rings. The number of rotatable bonds is 7. The van der Waals surface area contributed by atoms with Gasteiger partial charge in [-0.3, -0.25) is 19.0 Å². The SMILES string of the molecule is CCOC(=O)[C@H]1CCCN(C(=O)c2nn(-c3ccc(C)c(Cl)c3)c(=O)n(Cc3cccc(OC)c3)c2=O)C1. The molecule has 4 rings (SSSR count). The number of nitrogens with zero attached hydrogens (tertiary/aromatic N) is 4. The summed E-state index contributed by atoms with van der Waals surface area (Å²) in [6.45, 7) is 4.12. The van der Waals surface area contributed by atoms with Crippen LogP contribution in [0.3, 0.4) is 0 Å². The summed E-state index contributed by atoms with van der Waals surface area (Å²) in [7, 11) is 1.52. The lowest BCUT2D eigenvalue weighted by molar-refractivity contribution is -0.149. The van der Waals surface area contributed by atoms with E-state index in [1.165, 1.54) is 12.0 Å². The van der Waals surface area contributed by atoms with Gasteiger partial charge in [-0.1, -0.05) is 29.8 Å². The minimum absolute atomic E-state index is 0.101. The summed E-state index contributed by atoms with van der Waals surface area (Å²) in [5.74, 6) is -0.971. The summed E-state index contributed by atoms with van der Waals surface area (Å²) in [5.41, 5.74) is -0.242. The van der Waals surface area contributed by atoms with Crippen molar-refractivity contribution < 1.29 is 19.1 Å². The average molecular weight is 541 g/mol. The molecule has 1 aliphatic heterocycles. The number of carbonyl (C=O) groups excluding carboxylic acids is 2. The van der Waals surface area contributed by atoms with Gasteiger partial charge in [-0.15, -0.1) is 0 Å². The molecule has 2 aromatic carbocycles. The van der Waals surface area contributed by atoms with Crippen LogP contribution in [0.1, 0.15) is 41.4 Å². The number of carbonyl (C=O) groups is 2. The van der Waals surface area contributed by atoms with E-state index in [4.69, 9.17) is 21.1 Å². The molecule has 0 bridgehead atoms. The Hall–Kier alpha value is -3.92. The maximum Gasteiger partial charge on any atom is 0.352 e. The Morgan fingerprint density at radius 1 is 1.16 bits per heavy atom. The van der Waals surface area contributed by atoms with Crippen LogP contribution in [0.4, 0.5) is 0 Å². The quantitative estimate of drug-likeness (QED) is 0.423. The van der Waals surface area contributed by atoms with E-state index in [2.05, 4.69) is 5.10 Å². The number of hydrogen-bond acceptors (Lipinski definition) is 7. The summed E-state index contributed by atoms with van der Waals surface area (Å²) in [5, 5.41) is 4.62. The van der Waals surface area contributed by atoms with Gasteiger partial charge in [-0.25, -0.2) is 4.79 Å². The Morgan fingerprint density at radius 3 is 2.66 bits per heavy atom. The first-order valence-corrected chi connectivity index (χ1v) is 12.7. The van der Waals surface area contributed by atoms with Crippen molar-refractivity contribution >= 4 is 23.5 Å². The number of esters is 1. The van der Waals surface area contributed by atoms with E-state index < -0.39 is 28.8 Å². The number of methoxy groups -OCH3 is 1. The topological polar surface area (TPSA) is 113 Å². The number of hydrogen-bond donors (Lipinski definition) is 0. The highest BCUT2D eigenvalue weighted by Crippen LogP contribution is 2.20. The third kappa shape index (κ3) is 5.65. The highest BCUT2D eigenvalue weighted by atomic mass is 35.5. The number of piperidine rings is 1. The molecule has 1 atom stereocenters. The van der Waals surface area contributed by atoms with Crippen LogP contribution in [-0.4, -0.2) is 57.9 Å². The van der Waals surface area contributed by atoms with Crippen LogP contribution in [-0.2, 0) is 16.1 Å². The van der Waals surface area contributed by atoms with Crippen LogP contribution >= 0.6 is 11.6 Å². The molecule has 38 heavy (non-hydrogen) atoms. The van der Waals surface area contributed by atoms with Crippen molar-refractivity contribution in [1.29, 1.82) is 0 Å². The number of likely N-dealkylation sites (tertiary alicyclic amines) is 1. The van der Waals surface area contributed by atoms with Gasteiger partial charge in [0.05, 0.1) is 31.9 Å². The van der Waals surface area contributed by atoms with Gasteiger partial charge >= 0.3 is 11.7 Å².